The number of aryl methyl sites for hydroxylation is 2. The van der Waals surface area contributed by atoms with Crippen molar-refractivity contribution < 1.29 is 14.5 Å². The molecular weight excluding hydrogens is 346 g/mol. The van der Waals surface area contributed by atoms with Gasteiger partial charge in [-0.25, -0.2) is 4.79 Å². The van der Waals surface area contributed by atoms with Crippen molar-refractivity contribution >= 4 is 33.9 Å². The van der Waals surface area contributed by atoms with E-state index in [2.05, 4.69) is 10.3 Å². The zero-order valence-electron chi connectivity index (χ0n) is 15.3. The van der Waals surface area contributed by atoms with Crippen molar-refractivity contribution in [2.75, 3.05) is 11.9 Å². The Kier molecular flexibility index (Phi) is 5.03. The molecule has 0 unspecified atom stereocenters. The highest BCUT2D eigenvalue weighted by atomic mass is 16.6. The summed E-state index contributed by atoms with van der Waals surface area (Å²) >= 11 is 0. The van der Waals surface area contributed by atoms with E-state index in [1.54, 1.807) is 19.1 Å². The molecule has 0 fully saturated rings. The predicted molar refractivity (Wildman–Crippen MR) is 104 cm³/mol. The van der Waals surface area contributed by atoms with Crippen LogP contribution in [0.2, 0.25) is 0 Å². The van der Waals surface area contributed by atoms with E-state index in [4.69, 9.17) is 4.74 Å². The van der Waals surface area contributed by atoms with Crippen LogP contribution in [0.4, 0.5) is 17.1 Å². The summed E-state index contributed by atoms with van der Waals surface area (Å²) in [6.45, 7) is 5.87. The van der Waals surface area contributed by atoms with Crippen LogP contribution in [0.5, 0.6) is 0 Å². The average Bonchev–Trinajstić information content (AvgIpc) is 2.62. The number of non-ortho nitro benzene ring substituents is 1. The lowest BCUT2D eigenvalue weighted by Crippen LogP contribution is -2.09. The maximum Gasteiger partial charge on any atom is 0.341 e. The molecule has 1 aromatic heterocycles. The standard InChI is InChI=1S/C20H19N3O4/c1-4-27-20(24)17-11-21-18-13(3)8-12(2)9-16(18)19(17)22-14-6-5-7-15(10-14)23(25)26/h5-11H,4H2,1-3H3,(H,21,22). The van der Waals surface area contributed by atoms with E-state index in [0.717, 1.165) is 22.0 Å². The van der Waals surface area contributed by atoms with Crippen LogP contribution < -0.4 is 5.32 Å². The molecule has 0 saturated heterocycles. The molecule has 27 heavy (non-hydrogen) atoms. The molecule has 0 saturated carbocycles. The third kappa shape index (κ3) is 3.72. The second-order valence-corrected chi connectivity index (χ2v) is 6.18. The largest absolute Gasteiger partial charge is 0.462 e. The van der Waals surface area contributed by atoms with Gasteiger partial charge in [0, 0.05) is 29.4 Å². The number of fused-ring (bicyclic) bond motifs is 1. The Hall–Kier alpha value is -3.48. The topological polar surface area (TPSA) is 94.4 Å². The van der Waals surface area contributed by atoms with Crippen molar-refractivity contribution in [1.82, 2.24) is 4.98 Å². The third-order valence-electron chi connectivity index (χ3n) is 4.13. The highest BCUT2D eigenvalue weighted by Crippen LogP contribution is 2.32. The fraction of sp³-hybridized carbons (Fsp3) is 0.200. The molecule has 0 radical (unpaired) electrons. The van der Waals surface area contributed by atoms with Gasteiger partial charge in [0.05, 0.1) is 22.7 Å². The Labute approximate surface area is 156 Å². The summed E-state index contributed by atoms with van der Waals surface area (Å²) in [6.07, 6.45) is 1.47. The average molecular weight is 365 g/mol. The van der Waals surface area contributed by atoms with Gasteiger partial charge in [-0.1, -0.05) is 17.7 Å². The number of nitro groups is 1. The smallest absolute Gasteiger partial charge is 0.341 e. The molecule has 0 atom stereocenters. The SMILES string of the molecule is CCOC(=O)c1cnc2c(C)cc(C)cc2c1Nc1cccc([N+](=O)[O-])c1. The third-order valence-corrected chi connectivity index (χ3v) is 4.13. The van der Waals surface area contributed by atoms with Gasteiger partial charge in [-0.3, -0.25) is 15.1 Å². The van der Waals surface area contributed by atoms with Crippen LogP contribution in [0.1, 0.15) is 28.4 Å². The molecule has 1 heterocycles. The number of carbonyl (C=O) groups excluding carboxylic acids is 1. The maximum atomic E-state index is 12.4. The number of nitro benzene ring substituents is 1. The van der Waals surface area contributed by atoms with Crippen molar-refractivity contribution in [3.8, 4) is 0 Å². The van der Waals surface area contributed by atoms with Crippen molar-refractivity contribution in [2.24, 2.45) is 0 Å². The second-order valence-electron chi connectivity index (χ2n) is 6.18. The number of benzene rings is 2. The molecule has 0 aliphatic rings. The Balaban J connectivity index is 2.21. The number of nitrogens with one attached hydrogen (secondary N) is 1. The summed E-state index contributed by atoms with van der Waals surface area (Å²) < 4.78 is 5.15. The lowest BCUT2D eigenvalue weighted by molar-refractivity contribution is -0.384. The van der Waals surface area contributed by atoms with Crippen molar-refractivity contribution in [3.63, 3.8) is 0 Å². The summed E-state index contributed by atoms with van der Waals surface area (Å²) in [5.41, 5.74) is 4.01. The minimum Gasteiger partial charge on any atom is -0.462 e. The van der Waals surface area contributed by atoms with E-state index in [1.807, 2.05) is 26.0 Å². The first-order valence-electron chi connectivity index (χ1n) is 8.49. The summed E-state index contributed by atoms with van der Waals surface area (Å²) in [5, 5.41) is 15.0. The number of anilines is 2. The molecule has 2 aromatic carbocycles. The first kappa shape index (κ1) is 18.3. The Morgan fingerprint density at radius 2 is 2.04 bits per heavy atom. The van der Waals surface area contributed by atoms with Crippen LogP contribution in [0.25, 0.3) is 10.9 Å². The molecule has 7 nitrogen and oxygen atoms in total. The molecule has 0 bridgehead atoms. The Morgan fingerprint density at radius 1 is 1.26 bits per heavy atom. The van der Waals surface area contributed by atoms with Gasteiger partial charge in [-0.2, -0.15) is 0 Å². The number of esters is 1. The fourth-order valence-corrected chi connectivity index (χ4v) is 3.00. The molecule has 1 N–H and O–H groups in total. The normalized spacial score (nSPS) is 10.6. The van der Waals surface area contributed by atoms with Crippen molar-refractivity contribution in [3.05, 3.63) is 69.4 Å². The van der Waals surface area contributed by atoms with E-state index < -0.39 is 10.9 Å². The number of aromatic nitrogens is 1. The molecule has 0 aliphatic carbocycles. The lowest BCUT2D eigenvalue weighted by atomic mass is 10.0. The molecule has 7 heteroatoms. The van der Waals surface area contributed by atoms with Crippen LogP contribution in [0.3, 0.4) is 0 Å². The quantitative estimate of drug-likeness (QED) is 0.401. The predicted octanol–water partition coefficient (Wildman–Crippen LogP) is 4.68. The van der Waals surface area contributed by atoms with Crippen LogP contribution >= 0.6 is 0 Å². The molecule has 0 aliphatic heterocycles. The van der Waals surface area contributed by atoms with E-state index in [0.29, 0.717) is 11.4 Å². The summed E-state index contributed by atoms with van der Waals surface area (Å²) in [5.74, 6) is -0.501. The monoisotopic (exact) mass is 365 g/mol. The molecular formula is C20H19N3O4. The lowest BCUT2D eigenvalue weighted by Gasteiger charge is -2.15. The van der Waals surface area contributed by atoms with E-state index in [1.165, 1.54) is 18.3 Å². The molecule has 3 rings (SSSR count). The summed E-state index contributed by atoms with van der Waals surface area (Å²) in [6, 6.07) is 10.1. The highest BCUT2D eigenvalue weighted by molar-refractivity contribution is 6.06. The van der Waals surface area contributed by atoms with Gasteiger partial charge < -0.3 is 10.1 Å². The minimum absolute atomic E-state index is 0.0385. The van der Waals surface area contributed by atoms with Gasteiger partial charge in [-0.05, 0) is 38.5 Å². The number of hydrogen-bond acceptors (Lipinski definition) is 6. The number of hydrogen-bond donors (Lipinski definition) is 1. The summed E-state index contributed by atoms with van der Waals surface area (Å²) in [7, 11) is 0. The second kappa shape index (κ2) is 7.41. The van der Waals surface area contributed by atoms with E-state index >= 15 is 0 Å². The van der Waals surface area contributed by atoms with Crippen LogP contribution in [0, 0.1) is 24.0 Å². The molecule has 3 aromatic rings. The number of rotatable bonds is 5. The zero-order valence-corrected chi connectivity index (χ0v) is 15.3. The van der Waals surface area contributed by atoms with Crippen LogP contribution in [0.15, 0.2) is 42.6 Å². The summed E-state index contributed by atoms with van der Waals surface area (Å²) in [4.78, 5) is 27.5. The minimum atomic E-state index is -0.501. The van der Waals surface area contributed by atoms with Crippen molar-refractivity contribution in [2.45, 2.75) is 20.8 Å². The van der Waals surface area contributed by atoms with E-state index in [-0.39, 0.29) is 17.9 Å². The van der Waals surface area contributed by atoms with Gasteiger partial charge >= 0.3 is 5.97 Å². The van der Waals surface area contributed by atoms with Crippen LogP contribution in [-0.4, -0.2) is 22.5 Å². The Morgan fingerprint density at radius 3 is 2.74 bits per heavy atom. The first-order valence-corrected chi connectivity index (χ1v) is 8.49. The Bertz CT molecular complexity index is 1050. The number of ether oxygens (including phenoxy) is 1. The molecule has 0 spiro atoms. The first-order chi connectivity index (χ1) is 12.9. The zero-order chi connectivity index (χ0) is 19.6. The van der Waals surface area contributed by atoms with Crippen molar-refractivity contribution in [1.29, 1.82) is 0 Å². The number of nitrogens with zero attached hydrogens (tertiary/aromatic N) is 2. The molecule has 138 valence electrons. The fourth-order valence-electron chi connectivity index (χ4n) is 3.00. The van der Waals surface area contributed by atoms with Gasteiger partial charge in [0.25, 0.3) is 5.69 Å². The molecule has 0 amide bonds. The number of carbonyl (C=O) groups is 1. The van der Waals surface area contributed by atoms with Gasteiger partial charge in [0.15, 0.2) is 0 Å². The van der Waals surface area contributed by atoms with Gasteiger partial charge in [-0.15, -0.1) is 0 Å². The number of pyridine rings is 1. The van der Waals surface area contributed by atoms with Gasteiger partial charge in [0.2, 0.25) is 0 Å². The highest BCUT2D eigenvalue weighted by Gasteiger charge is 2.18. The van der Waals surface area contributed by atoms with E-state index in [9.17, 15) is 14.9 Å². The maximum absolute atomic E-state index is 12.4. The van der Waals surface area contributed by atoms with Crippen LogP contribution in [-0.2, 0) is 4.74 Å². The van der Waals surface area contributed by atoms with Gasteiger partial charge in [0.1, 0.15) is 5.56 Å².